The predicted molar refractivity (Wildman–Crippen MR) is 116 cm³/mol. The molecular formula is C24H30N2O4. The van der Waals surface area contributed by atoms with Gasteiger partial charge in [0.25, 0.3) is 11.8 Å². The third-order valence-corrected chi connectivity index (χ3v) is 4.81. The van der Waals surface area contributed by atoms with Crippen LogP contribution in [0.5, 0.6) is 0 Å². The van der Waals surface area contributed by atoms with E-state index in [0.717, 1.165) is 11.1 Å². The van der Waals surface area contributed by atoms with Crippen molar-refractivity contribution in [2.75, 3.05) is 0 Å². The molecule has 0 heterocycles. The van der Waals surface area contributed by atoms with Gasteiger partial charge in [-0.1, -0.05) is 61.9 Å². The summed E-state index contributed by atoms with van der Waals surface area (Å²) in [5.74, 6) is -1.60. The maximum Gasteiger partial charge on any atom is 0.329 e. The molecule has 0 bridgehead atoms. The maximum atomic E-state index is 12.7. The maximum absolute atomic E-state index is 12.7. The molecule has 0 spiro atoms. The van der Waals surface area contributed by atoms with Crippen LogP contribution in [-0.2, 0) is 14.3 Å². The Morgan fingerprint density at radius 1 is 0.867 bits per heavy atom. The molecule has 160 valence electrons. The zero-order valence-corrected chi connectivity index (χ0v) is 18.1. The molecule has 3 atom stereocenters. The fourth-order valence-electron chi connectivity index (χ4n) is 2.97. The Kier molecular flexibility index (Phi) is 8.16. The van der Waals surface area contributed by atoms with E-state index in [1.165, 1.54) is 6.92 Å². The lowest BCUT2D eigenvalue weighted by Gasteiger charge is -2.24. The highest BCUT2D eigenvalue weighted by molar-refractivity contribution is 5.97. The van der Waals surface area contributed by atoms with Gasteiger partial charge >= 0.3 is 5.97 Å². The molecule has 0 aliphatic rings. The van der Waals surface area contributed by atoms with Crippen LogP contribution in [0.3, 0.4) is 0 Å². The molecule has 0 aliphatic heterocycles. The van der Waals surface area contributed by atoms with Crippen LogP contribution in [0.2, 0.25) is 0 Å². The first-order valence-corrected chi connectivity index (χ1v) is 10.1. The molecule has 6 heteroatoms. The minimum atomic E-state index is -0.985. The molecule has 2 N–H and O–H groups in total. The lowest BCUT2D eigenvalue weighted by atomic mass is 10.0. The van der Waals surface area contributed by atoms with E-state index in [2.05, 4.69) is 10.6 Å². The summed E-state index contributed by atoms with van der Waals surface area (Å²) >= 11 is 0. The van der Waals surface area contributed by atoms with Crippen molar-refractivity contribution in [1.82, 2.24) is 10.6 Å². The van der Waals surface area contributed by atoms with Crippen LogP contribution in [0.15, 0.2) is 54.6 Å². The van der Waals surface area contributed by atoms with Crippen LogP contribution < -0.4 is 10.6 Å². The summed E-state index contributed by atoms with van der Waals surface area (Å²) in [5, 5.41) is 5.56. The van der Waals surface area contributed by atoms with E-state index in [1.54, 1.807) is 18.2 Å². The largest absolute Gasteiger partial charge is 0.451 e. The highest BCUT2D eigenvalue weighted by Crippen LogP contribution is 2.13. The molecule has 6 nitrogen and oxygen atoms in total. The average molecular weight is 411 g/mol. The van der Waals surface area contributed by atoms with E-state index >= 15 is 0 Å². The standard InChI is InChI=1S/C24H30N2O4/c1-15(2)21(26-23(28)20-13-9-10-16(3)14-20)24(29)30-18(5)22(27)25-17(4)19-11-7-6-8-12-19/h6-15,17-18,21H,1-5H3,(H,25,27)(H,26,28). The number of hydrogen-bond acceptors (Lipinski definition) is 4. The third-order valence-electron chi connectivity index (χ3n) is 4.81. The molecule has 2 aromatic carbocycles. The Labute approximate surface area is 178 Å². The Balaban J connectivity index is 1.98. The van der Waals surface area contributed by atoms with Crippen molar-refractivity contribution in [3.8, 4) is 0 Å². The number of ether oxygens (including phenoxy) is 1. The Morgan fingerprint density at radius 3 is 2.13 bits per heavy atom. The highest BCUT2D eigenvalue weighted by Gasteiger charge is 2.29. The van der Waals surface area contributed by atoms with Gasteiger partial charge in [0.2, 0.25) is 0 Å². The van der Waals surface area contributed by atoms with E-state index in [0.29, 0.717) is 5.56 Å². The molecule has 0 aromatic heterocycles. The van der Waals surface area contributed by atoms with E-state index in [-0.39, 0.29) is 17.9 Å². The van der Waals surface area contributed by atoms with Crippen LogP contribution in [0, 0.1) is 12.8 Å². The Hall–Kier alpha value is -3.15. The van der Waals surface area contributed by atoms with Gasteiger partial charge in [0.05, 0.1) is 6.04 Å². The Bertz CT molecular complexity index is 880. The van der Waals surface area contributed by atoms with Gasteiger partial charge in [0.15, 0.2) is 6.10 Å². The number of carbonyl (C=O) groups excluding carboxylic acids is 3. The smallest absolute Gasteiger partial charge is 0.329 e. The second kappa shape index (κ2) is 10.6. The number of esters is 1. The fourth-order valence-corrected chi connectivity index (χ4v) is 2.97. The van der Waals surface area contributed by atoms with Crippen LogP contribution in [0.4, 0.5) is 0 Å². The molecular weight excluding hydrogens is 380 g/mol. The van der Waals surface area contributed by atoms with Gasteiger partial charge in [-0.15, -0.1) is 0 Å². The molecule has 30 heavy (non-hydrogen) atoms. The van der Waals surface area contributed by atoms with Crippen molar-refractivity contribution in [2.45, 2.75) is 52.8 Å². The average Bonchev–Trinajstić information content (AvgIpc) is 2.71. The molecule has 0 saturated heterocycles. The summed E-state index contributed by atoms with van der Waals surface area (Å²) in [7, 11) is 0. The lowest BCUT2D eigenvalue weighted by Crippen LogP contribution is -2.47. The normalized spacial score (nSPS) is 13.8. The monoisotopic (exact) mass is 410 g/mol. The van der Waals surface area contributed by atoms with Crippen LogP contribution in [-0.4, -0.2) is 29.9 Å². The van der Waals surface area contributed by atoms with Gasteiger partial charge in [-0.3, -0.25) is 9.59 Å². The number of carbonyl (C=O) groups is 3. The number of amides is 2. The zero-order chi connectivity index (χ0) is 22.3. The van der Waals surface area contributed by atoms with Gasteiger partial charge in [0, 0.05) is 5.56 Å². The van der Waals surface area contributed by atoms with Crippen molar-refractivity contribution >= 4 is 17.8 Å². The van der Waals surface area contributed by atoms with E-state index in [4.69, 9.17) is 4.74 Å². The van der Waals surface area contributed by atoms with E-state index in [9.17, 15) is 14.4 Å². The molecule has 0 radical (unpaired) electrons. The minimum absolute atomic E-state index is 0.204. The van der Waals surface area contributed by atoms with Crippen molar-refractivity contribution in [3.05, 3.63) is 71.3 Å². The van der Waals surface area contributed by atoms with Gasteiger partial charge in [0.1, 0.15) is 6.04 Å². The first-order chi connectivity index (χ1) is 14.2. The van der Waals surface area contributed by atoms with Gasteiger partial charge in [-0.05, 0) is 44.4 Å². The minimum Gasteiger partial charge on any atom is -0.451 e. The molecule has 0 aliphatic carbocycles. The van der Waals surface area contributed by atoms with E-state index < -0.39 is 24.0 Å². The van der Waals surface area contributed by atoms with Crippen molar-refractivity contribution in [1.29, 1.82) is 0 Å². The lowest BCUT2D eigenvalue weighted by molar-refractivity contribution is -0.157. The van der Waals surface area contributed by atoms with Crippen LogP contribution in [0.25, 0.3) is 0 Å². The van der Waals surface area contributed by atoms with Crippen molar-refractivity contribution in [3.63, 3.8) is 0 Å². The van der Waals surface area contributed by atoms with E-state index in [1.807, 2.05) is 64.1 Å². The summed E-state index contributed by atoms with van der Waals surface area (Å²) in [6.45, 7) is 8.89. The molecule has 0 fully saturated rings. The summed E-state index contributed by atoms with van der Waals surface area (Å²) in [6, 6.07) is 15.5. The van der Waals surface area contributed by atoms with Crippen molar-refractivity contribution in [2.24, 2.45) is 5.92 Å². The van der Waals surface area contributed by atoms with Gasteiger partial charge < -0.3 is 15.4 Å². The Morgan fingerprint density at radius 2 is 1.53 bits per heavy atom. The van der Waals surface area contributed by atoms with Crippen LogP contribution in [0.1, 0.15) is 55.2 Å². The molecule has 3 unspecified atom stereocenters. The van der Waals surface area contributed by atoms with Gasteiger partial charge in [-0.2, -0.15) is 0 Å². The molecule has 2 rings (SSSR count). The predicted octanol–water partition coefficient (Wildman–Crippen LogP) is 3.56. The fraction of sp³-hybridized carbons (Fsp3) is 0.375. The van der Waals surface area contributed by atoms with Crippen LogP contribution >= 0.6 is 0 Å². The topological polar surface area (TPSA) is 84.5 Å². The summed E-state index contributed by atoms with van der Waals surface area (Å²) in [5.41, 5.74) is 2.37. The SMILES string of the molecule is Cc1cccc(C(=O)NC(C(=O)OC(C)C(=O)NC(C)c2ccccc2)C(C)C)c1. The summed E-state index contributed by atoms with van der Waals surface area (Å²) in [4.78, 5) is 37.7. The molecule has 0 saturated carbocycles. The number of aryl methyl sites for hydroxylation is 1. The number of nitrogens with one attached hydrogen (secondary N) is 2. The molecule has 2 amide bonds. The first-order valence-electron chi connectivity index (χ1n) is 10.1. The highest BCUT2D eigenvalue weighted by atomic mass is 16.5. The van der Waals surface area contributed by atoms with Crippen molar-refractivity contribution < 1.29 is 19.1 Å². The second-order valence-corrected chi connectivity index (χ2v) is 7.78. The zero-order valence-electron chi connectivity index (χ0n) is 18.1. The number of benzene rings is 2. The first kappa shape index (κ1) is 23.1. The summed E-state index contributed by atoms with van der Waals surface area (Å²) in [6.07, 6.45) is -0.985. The second-order valence-electron chi connectivity index (χ2n) is 7.78. The number of rotatable bonds is 8. The molecule has 2 aromatic rings. The van der Waals surface area contributed by atoms with Gasteiger partial charge in [-0.25, -0.2) is 4.79 Å². The third kappa shape index (κ3) is 6.44. The summed E-state index contributed by atoms with van der Waals surface area (Å²) < 4.78 is 5.37. The number of hydrogen-bond donors (Lipinski definition) is 2. The quantitative estimate of drug-likeness (QED) is 0.652.